The first kappa shape index (κ1) is 16.8. The van der Waals surface area contributed by atoms with Gasteiger partial charge in [-0.05, 0) is 19.1 Å². The number of nitro benzene ring substituents is 1. The van der Waals surface area contributed by atoms with Gasteiger partial charge in [-0.15, -0.1) is 10.2 Å². The summed E-state index contributed by atoms with van der Waals surface area (Å²) in [6, 6.07) is 16.3. The number of aromatic nitrogens is 2. The van der Waals surface area contributed by atoms with E-state index in [2.05, 4.69) is 29.4 Å². The Kier molecular flexibility index (Phi) is 4.85. The molecule has 0 aliphatic rings. The molecule has 2 aromatic carbocycles. The van der Waals surface area contributed by atoms with Crippen LogP contribution >= 0.6 is 0 Å². The lowest BCUT2D eigenvalue weighted by molar-refractivity contribution is -0.925. The maximum atomic E-state index is 10.7. The third-order valence-corrected chi connectivity index (χ3v) is 4.20. The SMILES string of the molecule is C[C@H](c1nnc(-c2ccc([N+](=O)[O-])cc2)o1)[NH+](C)Cc1ccccc1. The fourth-order valence-corrected chi connectivity index (χ4v) is 2.53. The van der Waals surface area contributed by atoms with Crippen LogP contribution in [0, 0.1) is 10.1 Å². The molecule has 0 saturated heterocycles. The van der Waals surface area contributed by atoms with Crippen molar-refractivity contribution in [2.24, 2.45) is 0 Å². The van der Waals surface area contributed by atoms with E-state index >= 15 is 0 Å². The number of nitrogens with one attached hydrogen (secondary N) is 1. The third kappa shape index (κ3) is 3.89. The molecule has 3 aromatic rings. The summed E-state index contributed by atoms with van der Waals surface area (Å²) < 4.78 is 5.78. The summed E-state index contributed by atoms with van der Waals surface area (Å²) in [5.74, 6) is 0.908. The first-order valence-corrected chi connectivity index (χ1v) is 7.99. The average molecular weight is 339 g/mol. The van der Waals surface area contributed by atoms with Crippen LogP contribution in [0.1, 0.15) is 24.4 Å². The zero-order valence-electron chi connectivity index (χ0n) is 14.0. The van der Waals surface area contributed by atoms with Crippen LogP contribution in [0.2, 0.25) is 0 Å². The smallest absolute Gasteiger partial charge is 0.274 e. The van der Waals surface area contributed by atoms with Crippen molar-refractivity contribution in [3.05, 3.63) is 76.2 Å². The number of non-ortho nitro benzene ring substituents is 1. The molecule has 7 nitrogen and oxygen atoms in total. The first-order valence-electron chi connectivity index (χ1n) is 7.99. The van der Waals surface area contributed by atoms with E-state index in [9.17, 15) is 10.1 Å². The fourth-order valence-electron chi connectivity index (χ4n) is 2.53. The van der Waals surface area contributed by atoms with Crippen LogP contribution in [0.3, 0.4) is 0 Å². The molecule has 1 unspecified atom stereocenters. The van der Waals surface area contributed by atoms with Gasteiger partial charge in [-0.1, -0.05) is 30.3 Å². The molecule has 0 bridgehead atoms. The molecule has 1 aromatic heterocycles. The molecule has 128 valence electrons. The zero-order chi connectivity index (χ0) is 17.8. The van der Waals surface area contributed by atoms with Crippen molar-refractivity contribution < 1.29 is 14.2 Å². The molecule has 0 aliphatic carbocycles. The van der Waals surface area contributed by atoms with Gasteiger partial charge in [-0.25, -0.2) is 0 Å². The Bertz CT molecular complexity index is 846. The van der Waals surface area contributed by atoms with Crippen molar-refractivity contribution in [1.29, 1.82) is 0 Å². The van der Waals surface area contributed by atoms with Gasteiger partial charge < -0.3 is 9.32 Å². The second kappa shape index (κ2) is 7.23. The van der Waals surface area contributed by atoms with E-state index < -0.39 is 4.92 Å². The van der Waals surface area contributed by atoms with E-state index in [-0.39, 0.29) is 11.7 Å². The summed E-state index contributed by atoms with van der Waals surface area (Å²) >= 11 is 0. The predicted molar refractivity (Wildman–Crippen MR) is 91.8 cm³/mol. The first-order chi connectivity index (χ1) is 12.0. The Balaban J connectivity index is 1.72. The molecule has 0 aliphatic heterocycles. The minimum absolute atomic E-state index is 0.0273. The van der Waals surface area contributed by atoms with Crippen molar-refractivity contribution in [2.45, 2.75) is 19.5 Å². The Morgan fingerprint density at radius 3 is 2.44 bits per heavy atom. The van der Waals surface area contributed by atoms with Gasteiger partial charge in [0.2, 0.25) is 5.89 Å². The van der Waals surface area contributed by atoms with E-state index in [0.29, 0.717) is 17.3 Å². The van der Waals surface area contributed by atoms with Gasteiger partial charge in [0.15, 0.2) is 6.04 Å². The second-order valence-corrected chi connectivity index (χ2v) is 5.98. The topological polar surface area (TPSA) is 86.5 Å². The number of rotatable bonds is 6. The van der Waals surface area contributed by atoms with Crippen LogP contribution in [0.5, 0.6) is 0 Å². The highest BCUT2D eigenvalue weighted by Crippen LogP contribution is 2.22. The molecule has 0 amide bonds. The van der Waals surface area contributed by atoms with Gasteiger partial charge in [0, 0.05) is 23.3 Å². The number of hydrogen-bond acceptors (Lipinski definition) is 5. The molecular formula is C18H19N4O3+. The van der Waals surface area contributed by atoms with Crippen molar-refractivity contribution >= 4 is 5.69 Å². The van der Waals surface area contributed by atoms with Gasteiger partial charge in [0.05, 0.1) is 12.0 Å². The third-order valence-electron chi connectivity index (χ3n) is 4.20. The standard InChI is InChI=1S/C18H18N4O3/c1-13(21(2)12-14-6-4-3-5-7-14)17-19-20-18(25-17)15-8-10-16(11-9-15)22(23)24/h3-11,13H,12H2,1-2H3/p+1/t13-/m1/s1. The van der Waals surface area contributed by atoms with Gasteiger partial charge in [0.25, 0.3) is 11.6 Å². The van der Waals surface area contributed by atoms with Crippen LogP contribution < -0.4 is 4.90 Å². The summed E-state index contributed by atoms with van der Waals surface area (Å²) in [5.41, 5.74) is 1.93. The highest BCUT2D eigenvalue weighted by molar-refractivity contribution is 5.55. The van der Waals surface area contributed by atoms with E-state index in [1.165, 1.54) is 22.6 Å². The van der Waals surface area contributed by atoms with E-state index in [4.69, 9.17) is 4.42 Å². The van der Waals surface area contributed by atoms with Gasteiger partial charge in [0.1, 0.15) is 6.54 Å². The van der Waals surface area contributed by atoms with Crippen molar-refractivity contribution in [1.82, 2.24) is 10.2 Å². The van der Waals surface area contributed by atoms with Gasteiger partial charge >= 0.3 is 0 Å². The molecule has 7 heteroatoms. The molecule has 0 spiro atoms. The number of quaternary nitrogens is 1. The quantitative estimate of drug-likeness (QED) is 0.550. The number of hydrogen-bond donors (Lipinski definition) is 1. The normalized spacial score (nSPS) is 13.4. The highest BCUT2D eigenvalue weighted by Gasteiger charge is 2.22. The molecular weight excluding hydrogens is 320 g/mol. The fraction of sp³-hybridized carbons (Fsp3) is 0.222. The van der Waals surface area contributed by atoms with Crippen LogP contribution in [0.4, 0.5) is 5.69 Å². The monoisotopic (exact) mass is 339 g/mol. The Hall–Kier alpha value is -3.06. The number of nitro groups is 1. The number of nitrogens with zero attached hydrogens (tertiary/aromatic N) is 3. The van der Waals surface area contributed by atoms with Crippen LogP contribution in [0.25, 0.3) is 11.5 Å². The van der Waals surface area contributed by atoms with E-state index in [1.807, 2.05) is 25.1 Å². The van der Waals surface area contributed by atoms with Crippen molar-refractivity contribution in [2.75, 3.05) is 7.05 Å². The van der Waals surface area contributed by atoms with Crippen LogP contribution in [-0.4, -0.2) is 22.2 Å². The highest BCUT2D eigenvalue weighted by atomic mass is 16.6. The van der Waals surface area contributed by atoms with Gasteiger partial charge in [-0.3, -0.25) is 10.1 Å². The van der Waals surface area contributed by atoms with Crippen molar-refractivity contribution in [3.63, 3.8) is 0 Å². The summed E-state index contributed by atoms with van der Waals surface area (Å²) in [6.07, 6.45) is 0. The average Bonchev–Trinajstić information content (AvgIpc) is 3.12. The largest absolute Gasteiger partial charge is 0.415 e. The maximum Gasteiger partial charge on any atom is 0.274 e. The molecule has 1 N–H and O–H groups in total. The maximum absolute atomic E-state index is 10.7. The Labute approximate surface area is 145 Å². The Morgan fingerprint density at radius 1 is 1.12 bits per heavy atom. The van der Waals surface area contributed by atoms with Crippen LogP contribution in [-0.2, 0) is 6.54 Å². The summed E-state index contributed by atoms with van der Waals surface area (Å²) in [7, 11) is 2.08. The summed E-state index contributed by atoms with van der Waals surface area (Å²) in [5, 5.41) is 18.9. The van der Waals surface area contributed by atoms with E-state index in [1.54, 1.807) is 12.1 Å². The Morgan fingerprint density at radius 2 is 1.80 bits per heavy atom. The summed E-state index contributed by atoms with van der Waals surface area (Å²) in [4.78, 5) is 11.5. The second-order valence-electron chi connectivity index (χ2n) is 5.98. The molecule has 0 saturated carbocycles. The molecule has 1 heterocycles. The molecule has 0 fully saturated rings. The lowest BCUT2D eigenvalue weighted by atomic mass is 10.2. The minimum Gasteiger partial charge on any atom is -0.415 e. The molecule has 25 heavy (non-hydrogen) atoms. The predicted octanol–water partition coefficient (Wildman–Crippen LogP) is 2.42. The summed E-state index contributed by atoms with van der Waals surface area (Å²) in [6.45, 7) is 2.88. The van der Waals surface area contributed by atoms with Gasteiger partial charge in [-0.2, -0.15) is 0 Å². The number of benzene rings is 2. The lowest BCUT2D eigenvalue weighted by Crippen LogP contribution is -3.07. The van der Waals surface area contributed by atoms with Crippen LogP contribution in [0.15, 0.2) is 59.0 Å². The zero-order valence-corrected chi connectivity index (χ0v) is 14.0. The molecule has 0 radical (unpaired) electrons. The van der Waals surface area contributed by atoms with E-state index in [0.717, 1.165) is 6.54 Å². The molecule has 2 atom stereocenters. The lowest BCUT2D eigenvalue weighted by Gasteiger charge is -2.18. The minimum atomic E-state index is -0.438. The molecule has 3 rings (SSSR count). The van der Waals surface area contributed by atoms with Crippen molar-refractivity contribution in [3.8, 4) is 11.5 Å².